The molecule has 0 fully saturated rings. The summed E-state index contributed by atoms with van der Waals surface area (Å²) in [4.78, 5) is 33.7. The number of alkyl halides is 3. The molecule has 3 aromatic carbocycles. The molecule has 0 radical (unpaired) electrons. The summed E-state index contributed by atoms with van der Waals surface area (Å²) in [5.74, 6) is -5.99. The van der Waals surface area contributed by atoms with Gasteiger partial charge in [0.1, 0.15) is 28.4 Å². The average Bonchev–Trinajstić information content (AvgIpc) is 3.75. The van der Waals surface area contributed by atoms with E-state index in [2.05, 4.69) is 15.1 Å². The molecule has 0 amide bonds. The molecule has 5 aromatic rings. The van der Waals surface area contributed by atoms with Crippen LogP contribution in [0.2, 0.25) is 0 Å². The summed E-state index contributed by atoms with van der Waals surface area (Å²) < 4.78 is 83.4. The molecular formula is C36H32F5N6O4S+. The zero-order chi connectivity index (χ0) is 38.0. The maximum absolute atomic E-state index is 15.7. The molecule has 270 valence electrons. The molecule has 3 N–H and O–H groups in total. The lowest BCUT2D eigenvalue weighted by atomic mass is 9.81. The van der Waals surface area contributed by atoms with Gasteiger partial charge in [-0.2, -0.15) is 28.2 Å². The van der Waals surface area contributed by atoms with Crippen LogP contribution < -0.4 is 15.2 Å². The quantitative estimate of drug-likeness (QED) is 0.0701. The minimum absolute atomic E-state index is 0.175. The minimum Gasteiger partial charge on any atom is -0.442 e. The van der Waals surface area contributed by atoms with E-state index in [-0.39, 0.29) is 11.4 Å². The number of aromatic amines is 1. The van der Waals surface area contributed by atoms with Crippen LogP contribution in [0.15, 0.2) is 66.3 Å². The number of nitrogens with one attached hydrogen (secondary N) is 1. The number of nitriles is 1. The summed E-state index contributed by atoms with van der Waals surface area (Å²) in [6, 6.07) is 13.4. The first-order valence-electron chi connectivity index (χ1n) is 15.7. The van der Waals surface area contributed by atoms with E-state index in [9.17, 15) is 27.2 Å². The number of nitrogens with two attached hydrogens (primary N) is 1. The largest absolute Gasteiger partial charge is 0.490 e. The number of thiazole rings is 1. The topological polar surface area (TPSA) is 148 Å². The Bertz CT molecular complexity index is 2140. The van der Waals surface area contributed by atoms with Gasteiger partial charge in [-0.15, -0.1) is 11.3 Å². The molecular weight excluding hydrogens is 707 g/mol. The number of benzene rings is 3. The van der Waals surface area contributed by atoms with Gasteiger partial charge in [0.05, 0.1) is 29.7 Å². The van der Waals surface area contributed by atoms with Crippen molar-refractivity contribution in [3.05, 3.63) is 117 Å². The van der Waals surface area contributed by atoms with Crippen LogP contribution in [0.25, 0.3) is 11.3 Å². The third-order valence-corrected chi connectivity index (χ3v) is 9.32. The first-order valence-corrected chi connectivity index (χ1v) is 16.6. The van der Waals surface area contributed by atoms with E-state index in [4.69, 9.17) is 20.5 Å². The molecule has 2 aromatic heterocycles. The van der Waals surface area contributed by atoms with E-state index < -0.39 is 59.4 Å². The molecule has 0 aliphatic heterocycles. The Morgan fingerprint density at radius 1 is 1.06 bits per heavy atom. The highest BCUT2D eigenvalue weighted by molar-refractivity contribution is 7.10. The van der Waals surface area contributed by atoms with Gasteiger partial charge in [0.15, 0.2) is 12.1 Å². The standard InChI is InChI=1S/C36H31F5N6O4S/c1-19-11-24(12-20(2)31(19)50-33(48)22(4)43)13-30-44-18-47(46-30)17-35(51-34(49)36(39,40)41,27-10-9-26(37)14-28(27)38)21(3)32-45-29(16-52-32)25-7-5-23(15-42)6-8-25/h5-12,14,16,18,21-22H,13,17,43H2,1-4H3/p+1. The van der Waals surface area contributed by atoms with Gasteiger partial charge in [-0.1, -0.05) is 31.2 Å². The summed E-state index contributed by atoms with van der Waals surface area (Å²) in [5.41, 5.74) is 6.09. The Morgan fingerprint density at radius 2 is 1.73 bits per heavy atom. The second kappa shape index (κ2) is 15.0. The predicted octanol–water partition coefficient (Wildman–Crippen LogP) is 6.24. The number of halogens is 5. The molecule has 5 rings (SSSR count). The van der Waals surface area contributed by atoms with Gasteiger partial charge < -0.3 is 15.2 Å². The molecule has 52 heavy (non-hydrogen) atoms. The molecule has 3 atom stereocenters. The van der Waals surface area contributed by atoms with Crippen LogP contribution in [-0.2, 0) is 32.9 Å². The predicted molar refractivity (Wildman–Crippen MR) is 178 cm³/mol. The number of hydrogen-bond acceptors (Lipinski definition) is 9. The monoisotopic (exact) mass is 739 g/mol. The van der Waals surface area contributed by atoms with Gasteiger partial charge in [0.25, 0.3) is 5.82 Å². The van der Waals surface area contributed by atoms with Gasteiger partial charge in [0, 0.05) is 22.6 Å². The zero-order valence-corrected chi connectivity index (χ0v) is 29.0. The second-order valence-electron chi connectivity index (χ2n) is 12.3. The summed E-state index contributed by atoms with van der Waals surface area (Å²) in [7, 11) is 0. The van der Waals surface area contributed by atoms with Crippen molar-refractivity contribution >= 4 is 23.3 Å². The molecule has 0 saturated heterocycles. The highest BCUT2D eigenvalue weighted by Gasteiger charge is 2.53. The number of H-pyrrole nitrogens is 1. The molecule has 0 bridgehead atoms. The number of carbonyl (C=O) groups excluding carboxylic acids is 2. The fourth-order valence-electron chi connectivity index (χ4n) is 5.69. The van der Waals surface area contributed by atoms with Crippen LogP contribution in [0.3, 0.4) is 0 Å². The van der Waals surface area contributed by atoms with E-state index in [1.807, 2.05) is 6.07 Å². The summed E-state index contributed by atoms with van der Waals surface area (Å²) in [5, 5.41) is 13.9. The highest BCUT2D eigenvalue weighted by Crippen LogP contribution is 2.45. The number of carbonyl (C=O) groups is 2. The van der Waals surface area contributed by atoms with E-state index in [1.54, 1.807) is 55.6 Å². The highest BCUT2D eigenvalue weighted by atomic mass is 32.1. The lowest BCUT2D eigenvalue weighted by Gasteiger charge is -2.36. The second-order valence-corrected chi connectivity index (χ2v) is 13.1. The normalized spacial score (nSPS) is 13.9. The van der Waals surface area contributed by atoms with E-state index in [0.29, 0.717) is 45.6 Å². The lowest BCUT2D eigenvalue weighted by Crippen LogP contribution is -2.53. The fourth-order valence-corrected chi connectivity index (χ4v) is 6.66. The van der Waals surface area contributed by atoms with E-state index >= 15 is 4.39 Å². The SMILES string of the molecule is Cc1cc(Cc2nc[n+](CC(OC(=O)C(F)(F)F)(c3ccc(F)cc3F)C(C)c3nc(-c4ccc(C#N)cc4)cs3)[nH]2)cc(C)c1OC(=O)C(C)N. The minimum atomic E-state index is -5.47. The smallest absolute Gasteiger partial charge is 0.442 e. The van der Waals surface area contributed by atoms with E-state index in [1.165, 1.54) is 24.9 Å². The maximum atomic E-state index is 15.7. The van der Waals surface area contributed by atoms with Crippen molar-refractivity contribution in [3.8, 4) is 23.1 Å². The number of esters is 2. The van der Waals surface area contributed by atoms with Gasteiger partial charge in [0.2, 0.25) is 0 Å². The number of ether oxygens (including phenoxy) is 2. The third kappa shape index (κ3) is 8.16. The van der Waals surface area contributed by atoms with E-state index in [0.717, 1.165) is 29.0 Å². The fraction of sp³-hybridized carbons (Fsp3) is 0.278. The lowest BCUT2D eigenvalue weighted by molar-refractivity contribution is -0.764. The molecule has 10 nitrogen and oxygen atoms in total. The molecule has 2 heterocycles. The first-order chi connectivity index (χ1) is 24.5. The average molecular weight is 740 g/mol. The van der Waals surface area contributed by atoms with Crippen molar-refractivity contribution in [2.24, 2.45) is 5.73 Å². The van der Waals surface area contributed by atoms with Crippen molar-refractivity contribution < 1.29 is 45.7 Å². The number of rotatable bonds is 11. The Labute approximate surface area is 298 Å². The Balaban J connectivity index is 1.55. The summed E-state index contributed by atoms with van der Waals surface area (Å²) >= 11 is 1.04. The van der Waals surface area contributed by atoms with Crippen LogP contribution in [-0.4, -0.2) is 39.2 Å². The van der Waals surface area contributed by atoms with Crippen molar-refractivity contribution in [2.75, 3.05) is 0 Å². The summed E-state index contributed by atoms with van der Waals surface area (Å²) in [6.07, 6.45) is -4.03. The Morgan fingerprint density at radius 3 is 2.33 bits per heavy atom. The Kier molecular flexibility index (Phi) is 10.9. The zero-order valence-electron chi connectivity index (χ0n) is 28.2. The number of hydrogen-bond donors (Lipinski definition) is 2. The third-order valence-electron chi connectivity index (χ3n) is 8.29. The number of nitrogens with zero attached hydrogens (tertiary/aromatic N) is 4. The van der Waals surface area contributed by atoms with Crippen molar-refractivity contribution in [1.82, 2.24) is 15.1 Å². The van der Waals surface area contributed by atoms with Gasteiger partial charge >= 0.3 is 24.4 Å². The van der Waals surface area contributed by atoms with Gasteiger partial charge in [-0.3, -0.25) is 0 Å². The number of aromatic nitrogens is 4. The van der Waals surface area contributed by atoms with Gasteiger partial charge in [-0.25, -0.2) is 23.4 Å². The van der Waals surface area contributed by atoms with Crippen LogP contribution in [0.4, 0.5) is 22.0 Å². The molecule has 0 aliphatic rings. The molecule has 0 spiro atoms. The van der Waals surface area contributed by atoms with Crippen LogP contribution in [0, 0.1) is 36.8 Å². The number of aryl methyl sites for hydroxylation is 2. The molecule has 3 unspecified atom stereocenters. The van der Waals surface area contributed by atoms with Crippen molar-refractivity contribution in [2.45, 2.75) is 64.4 Å². The maximum Gasteiger partial charge on any atom is 0.490 e. The summed E-state index contributed by atoms with van der Waals surface area (Å²) in [6.45, 7) is 5.80. The molecule has 16 heteroatoms. The van der Waals surface area contributed by atoms with Crippen LogP contribution in [0.1, 0.15) is 58.4 Å². The van der Waals surface area contributed by atoms with Gasteiger partial charge in [-0.05, 0) is 66.7 Å². The molecule has 0 aliphatic carbocycles. The van der Waals surface area contributed by atoms with Crippen molar-refractivity contribution in [1.29, 1.82) is 5.26 Å². The van der Waals surface area contributed by atoms with Crippen LogP contribution in [0.5, 0.6) is 5.75 Å². The Hall–Kier alpha value is -5.53. The van der Waals surface area contributed by atoms with Crippen molar-refractivity contribution in [3.63, 3.8) is 0 Å². The first kappa shape index (κ1) is 37.7. The van der Waals surface area contributed by atoms with Crippen LogP contribution >= 0.6 is 11.3 Å². The molecule has 0 saturated carbocycles.